The molecule has 0 radical (unpaired) electrons. The summed E-state index contributed by atoms with van der Waals surface area (Å²) in [7, 11) is 1.84. The Labute approximate surface area is 102 Å². The first kappa shape index (κ1) is 13.7. The number of carbonyl (C=O) groups is 1. The van der Waals surface area contributed by atoms with E-state index < -0.39 is 0 Å². The number of hydrogen-bond acceptors (Lipinski definition) is 3. The molecule has 96 valence electrons. The van der Waals surface area contributed by atoms with Crippen LogP contribution in [-0.2, 0) is 18.3 Å². The Balaban J connectivity index is 2.37. The lowest BCUT2D eigenvalue weighted by molar-refractivity contribution is -0.121. The first-order valence-corrected chi connectivity index (χ1v) is 6.12. The maximum absolute atomic E-state index is 11.8. The number of nitrogens with one attached hydrogen (secondary N) is 1. The number of amides is 1. The summed E-state index contributed by atoms with van der Waals surface area (Å²) >= 11 is 0. The van der Waals surface area contributed by atoms with Crippen LogP contribution in [0.2, 0.25) is 0 Å². The topological polar surface area (TPSA) is 72.9 Å². The fourth-order valence-corrected chi connectivity index (χ4v) is 1.73. The summed E-state index contributed by atoms with van der Waals surface area (Å²) in [6, 6.07) is 0.0964. The fraction of sp³-hybridized carbons (Fsp3) is 0.667. The highest BCUT2D eigenvalue weighted by molar-refractivity contribution is 5.78. The van der Waals surface area contributed by atoms with E-state index in [2.05, 4.69) is 17.3 Å². The normalized spacial score (nSPS) is 12.4. The van der Waals surface area contributed by atoms with Gasteiger partial charge in [-0.2, -0.15) is 5.10 Å². The van der Waals surface area contributed by atoms with Crippen LogP contribution in [0.15, 0.2) is 12.4 Å². The van der Waals surface area contributed by atoms with Crippen LogP contribution in [0.5, 0.6) is 0 Å². The van der Waals surface area contributed by atoms with Gasteiger partial charge in [0.1, 0.15) is 0 Å². The zero-order chi connectivity index (χ0) is 12.7. The zero-order valence-electron chi connectivity index (χ0n) is 10.6. The van der Waals surface area contributed by atoms with E-state index in [0.29, 0.717) is 13.0 Å². The van der Waals surface area contributed by atoms with Crippen molar-refractivity contribution in [1.29, 1.82) is 0 Å². The van der Waals surface area contributed by atoms with Crippen LogP contribution in [0.1, 0.15) is 31.7 Å². The van der Waals surface area contributed by atoms with Crippen LogP contribution in [0.3, 0.4) is 0 Å². The molecule has 0 spiro atoms. The summed E-state index contributed by atoms with van der Waals surface area (Å²) in [5.41, 5.74) is 6.56. The molecule has 0 saturated carbocycles. The largest absolute Gasteiger partial charge is 0.352 e. The number of nitrogens with two attached hydrogens (primary N) is 1. The lowest BCUT2D eigenvalue weighted by Gasteiger charge is -2.16. The Morgan fingerprint density at radius 2 is 2.41 bits per heavy atom. The Morgan fingerprint density at radius 3 is 2.94 bits per heavy atom. The molecule has 5 heteroatoms. The summed E-state index contributed by atoms with van der Waals surface area (Å²) in [6.07, 6.45) is 7.10. The van der Waals surface area contributed by atoms with Crippen LogP contribution in [-0.4, -0.2) is 28.3 Å². The second-order valence-electron chi connectivity index (χ2n) is 4.34. The van der Waals surface area contributed by atoms with Crippen molar-refractivity contribution in [2.24, 2.45) is 12.8 Å². The minimum Gasteiger partial charge on any atom is -0.352 e. The fourth-order valence-electron chi connectivity index (χ4n) is 1.73. The van der Waals surface area contributed by atoms with Gasteiger partial charge >= 0.3 is 0 Å². The molecule has 3 N–H and O–H groups in total. The van der Waals surface area contributed by atoms with Gasteiger partial charge in [0.2, 0.25) is 5.91 Å². The molecule has 1 rings (SSSR count). The number of hydrogen-bond donors (Lipinski definition) is 2. The van der Waals surface area contributed by atoms with Crippen LogP contribution in [0, 0.1) is 0 Å². The molecule has 17 heavy (non-hydrogen) atoms. The van der Waals surface area contributed by atoms with Crippen molar-refractivity contribution >= 4 is 5.91 Å². The van der Waals surface area contributed by atoms with Gasteiger partial charge < -0.3 is 11.1 Å². The van der Waals surface area contributed by atoms with Crippen LogP contribution < -0.4 is 11.1 Å². The molecule has 1 amide bonds. The van der Waals surface area contributed by atoms with E-state index in [-0.39, 0.29) is 11.9 Å². The van der Waals surface area contributed by atoms with Crippen molar-refractivity contribution in [2.45, 2.75) is 38.6 Å². The average Bonchev–Trinajstić information content (AvgIpc) is 2.69. The monoisotopic (exact) mass is 238 g/mol. The molecule has 0 aromatic carbocycles. The third-order valence-corrected chi connectivity index (χ3v) is 2.68. The highest BCUT2D eigenvalue weighted by Gasteiger charge is 2.11. The van der Waals surface area contributed by atoms with E-state index in [0.717, 1.165) is 24.8 Å². The minimum atomic E-state index is 0.0181. The number of nitrogens with zero attached hydrogens (tertiary/aromatic N) is 2. The lowest BCUT2D eigenvalue weighted by atomic mass is 10.1. The maximum Gasteiger partial charge on any atom is 0.224 e. The summed E-state index contributed by atoms with van der Waals surface area (Å²) in [6.45, 7) is 2.63. The first-order valence-electron chi connectivity index (χ1n) is 6.12. The molecule has 1 unspecified atom stereocenters. The second kappa shape index (κ2) is 7.06. The third-order valence-electron chi connectivity index (χ3n) is 2.68. The van der Waals surface area contributed by atoms with E-state index in [1.807, 2.05) is 13.2 Å². The van der Waals surface area contributed by atoms with Gasteiger partial charge in [0, 0.05) is 25.8 Å². The predicted octanol–water partition coefficient (Wildman–Crippen LogP) is 0.596. The highest BCUT2D eigenvalue weighted by atomic mass is 16.1. The molecule has 0 bridgehead atoms. The number of aromatic nitrogens is 2. The highest BCUT2D eigenvalue weighted by Crippen LogP contribution is 2.01. The summed E-state index contributed by atoms with van der Waals surface area (Å²) < 4.78 is 1.69. The molecule has 1 atom stereocenters. The molecule has 5 nitrogen and oxygen atoms in total. The molecule has 1 aromatic heterocycles. The van der Waals surface area contributed by atoms with Gasteiger partial charge in [-0.25, -0.2) is 0 Å². The Kier molecular flexibility index (Phi) is 5.69. The zero-order valence-corrected chi connectivity index (χ0v) is 10.6. The quantitative estimate of drug-likeness (QED) is 0.730. The van der Waals surface area contributed by atoms with E-state index >= 15 is 0 Å². The van der Waals surface area contributed by atoms with E-state index in [4.69, 9.17) is 5.73 Å². The predicted molar refractivity (Wildman–Crippen MR) is 67.4 cm³/mol. The van der Waals surface area contributed by atoms with Crippen molar-refractivity contribution in [3.63, 3.8) is 0 Å². The van der Waals surface area contributed by atoms with Gasteiger partial charge in [-0.05, 0) is 12.0 Å². The molecule has 0 fully saturated rings. The number of aryl methyl sites for hydroxylation is 1. The van der Waals surface area contributed by atoms with Gasteiger partial charge in [0.15, 0.2) is 0 Å². The van der Waals surface area contributed by atoms with Crippen molar-refractivity contribution < 1.29 is 4.79 Å². The van der Waals surface area contributed by atoms with Crippen molar-refractivity contribution in [3.05, 3.63) is 18.0 Å². The minimum absolute atomic E-state index is 0.0181. The van der Waals surface area contributed by atoms with Gasteiger partial charge in [-0.15, -0.1) is 0 Å². The SMILES string of the molecule is CCCCC(CN)NC(=O)Cc1cnn(C)c1. The number of rotatable bonds is 7. The van der Waals surface area contributed by atoms with Gasteiger partial charge in [-0.1, -0.05) is 19.8 Å². The maximum atomic E-state index is 11.8. The summed E-state index contributed by atoms with van der Waals surface area (Å²) in [5.74, 6) is 0.0181. The standard InChI is InChI=1S/C12H22N4O/c1-3-4-5-11(7-13)15-12(17)6-10-8-14-16(2)9-10/h8-9,11H,3-7,13H2,1-2H3,(H,15,17). The van der Waals surface area contributed by atoms with Crippen molar-refractivity contribution in [3.8, 4) is 0 Å². The van der Waals surface area contributed by atoms with Crippen LogP contribution in [0.25, 0.3) is 0 Å². The van der Waals surface area contributed by atoms with E-state index in [9.17, 15) is 4.79 Å². The molecular formula is C12H22N4O. The Morgan fingerprint density at radius 1 is 1.65 bits per heavy atom. The van der Waals surface area contributed by atoms with E-state index in [1.165, 1.54) is 0 Å². The van der Waals surface area contributed by atoms with Crippen molar-refractivity contribution in [2.75, 3.05) is 6.54 Å². The molecule has 1 heterocycles. The first-order chi connectivity index (χ1) is 8.15. The molecule has 0 aliphatic rings. The van der Waals surface area contributed by atoms with Crippen molar-refractivity contribution in [1.82, 2.24) is 15.1 Å². The average molecular weight is 238 g/mol. The molecule has 0 aliphatic heterocycles. The van der Waals surface area contributed by atoms with Crippen LogP contribution >= 0.6 is 0 Å². The Bertz CT molecular complexity index is 348. The van der Waals surface area contributed by atoms with Gasteiger partial charge in [0.25, 0.3) is 0 Å². The van der Waals surface area contributed by atoms with E-state index in [1.54, 1.807) is 10.9 Å². The Hall–Kier alpha value is -1.36. The molecule has 1 aromatic rings. The van der Waals surface area contributed by atoms with Gasteiger partial charge in [-0.3, -0.25) is 9.48 Å². The number of unbranched alkanes of at least 4 members (excludes halogenated alkanes) is 1. The molecular weight excluding hydrogens is 216 g/mol. The number of carbonyl (C=O) groups excluding carboxylic acids is 1. The van der Waals surface area contributed by atoms with Crippen LogP contribution in [0.4, 0.5) is 0 Å². The van der Waals surface area contributed by atoms with Gasteiger partial charge in [0.05, 0.1) is 12.6 Å². The second-order valence-corrected chi connectivity index (χ2v) is 4.34. The third kappa shape index (κ3) is 4.99. The summed E-state index contributed by atoms with van der Waals surface area (Å²) in [5, 5.41) is 6.99. The lowest BCUT2D eigenvalue weighted by Crippen LogP contribution is -2.40. The smallest absolute Gasteiger partial charge is 0.224 e. The molecule has 0 saturated heterocycles. The summed E-state index contributed by atoms with van der Waals surface area (Å²) in [4.78, 5) is 11.8. The molecule has 0 aliphatic carbocycles.